The topological polar surface area (TPSA) is 37.3 Å². The summed E-state index contributed by atoms with van der Waals surface area (Å²) in [5, 5.41) is 8.13. The molecule has 3 heteroatoms. The van der Waals surface area contributed by atoms with E-state index in [-0.39, 0.29) is 0 Å². The van der Waals surface area contributed by atoms with Crippen LogP contribution in [-0.4, -0.2) is 33.6 Å². The summed E-state index contributed by atoms with van der Waals surface area (Å²) in [7, 11) is 0. The molecule has 0 fully saturated rings. The van der Waals surface area contributed by atoms with Crippen LogP contribution in [0.3, 0.4) is 0 Å². The van der Waals surface area contributed by atoms with Gasteiger partial charge in [-0.25, -0.2) is 0 Å². The van der Waals surface area contributed by atoms with Crippen molar-refractivity contribution in [3.63, 3.8) is 0 Å². The van der Waals surface area contributed by atoms with E-state index >= 15 is 0 Å². The fourth-order valence-electron chi connectivity index (χ4n) is 0.0617. The summed E-state index contributed by atoms with van der Waals surface area (Å²) in [6.45, 7) is 1.58. The molecule has 0 aliphatic carbocycles. The summed E-state index contributed by atoms with van der Waals surface area (Å²) in [4.78, 5) is 9.88. The summed E-state index contributed by atoms with van der Waals surface area (Å²) >= 11 is 1.13. The minimum atomic E-state index is -0.822. The molecule has 0 aliphatic rings. The maximum atomic E-state index is 9.88. The van der Waals surface area contributed by atoms with Gasteiger partial charge in [-0.2, -0.15) is 0 Å². The molecule has 3 radical (unpaired) electrons. The van der Waals surface area contributed by atoms with E-state index in [1.807, 2.05) is 0 Å². The number of carboxylic acids is 1. The van der Waals surface area contributed by atoms with Gasteiger partial charge in [0.05, 0.1) is 0 Å². The van der Waals surface area contributed by atoms with Crippen LogP contribution in [0, 0.1) is 0 Å². The zero-order valence-electron chi connectivity index (χ0n) is 3.93. The molecule has 0 saturated heterocycles. The van der Waals surface area contributed by atoms with Crippen LogP contribution in [0.25, 0.3) is 0 Å². The summed E-state index contributed by atoms with van der Waals surface area (Å²) in [6, 6.07) is 0. The Morgan fingerprint density at radius 2 is 2.29 bits per heavy atom. The number of aliphatic carboxylic acids is 1. The predicted octanol–water partition coefficient (Wildman–Crippen LogP) is 0.143. The molecule has 0 aromatic carbocycles. The van der Waals surface area contributed by atoms with Crippen molar-refractivity contribution in [3.8, 4) is 0 Å². The van der Waals surface area contributed by atoms with E-state index in [1.165, 1.54) is 0 Å². The van der Waals surface area contributed by atoms with Gasteiger partial charge in [0.1, 0.15) is 0 Å². The third-order valence-electron chi connectivity index (χ3n) is 0.554. The van der Waals surface area contributed by atoms with Gasteiger partial charge in [-0.15, -0.1) is 0 Å². The SMILES string of the molecule is CC(=[CH][Sn])C(=O)O. The van der Waals surface area contributed by atoms with Gasteiger partial charge in [0.15, 0.2) is 0 Å². The molecule has 0 aliphatic heterocycles. The number of rotatable bonds is 1. The summed E-state index contributed by atoms with van der Waals surface area (Å²) in [5.74, 6) is -0.822. The molecule has 1 N–H and O–H groups in total. The molecular formula is C4H5O2Sn. The van der Waals surface area contributed by atoms with Crippen molar-refractivity contribution < 1.29 is 9.90 Å². The second-order valence-electron chi connectivity index (χ2n) is 1.13. The Balaban J connectivity index is 3.82. The van der Waals surface area contributed by atoms with E-state index in [0.29, 0.717) is 5.57 Å². The summed E-state index contributed by atoms with van der Waals surface area (Å²) in [6.07, 6.45) is 0. The Bertz CT molecular complexity index is 106. The fourth-order valence-corrected chi connectivity index (χ4v) is 0.414. The van der Waals surface area contributed by atoms with Crippen LogP contribution >= 0.6 is 0 Å². The van der Waals surface area contributed by atoms with E-state index in [2.05, 4.69) is 0 Å². The molecule has 0 unspecified atom stereocenters. The third-order valence-corrected chi connectivity index (χ3v) is 1.79. The Labute approximate surface area is 55.3 Å². The molecule has 0 bridgehead atoms. The first-order chi connectivity index (χ1) is 3.18. The second kappa shape index (κ2) is 3.07. The molecule has 0 saturated carbocycles. The van der Waals surface area contributed by atoms with Gasteiger partial charge in [0.2, 0.25) is 0 Å². The molecule has 2 nitrogen and oxygen atoms in total. The first-order valence-electron chi connectivity index (χ1n) is 1.76. The van der Waals surface area contributed by atoms with Crippen molar-refractivity contribution in [2.75, 3.05) is 0 Å². The van der Waals surface area contributed by atoms with Crippen LogP contribution in [0.5, 0.6) is 0 Å². The molecule has 0 amide bonds. The Kier molecular flexibility index (Phi) is 3.07. The van der Waals surface area contributed by atoms with E-state index < -0.39 is 5.97 Å². The first kappa shape index (κ1) is 7.01. The average Bonchev–Trinajstić information content (AvgIpc) is 1.65. The zero-order valence-corrected chi connectivity index (χ0v) is 6.79. The maximum absolute atomic E-state index is 9.88. The molecule has 0 heterocycles. The quantitative estimate of drug-likeness (QED) is 0.487. The number of hydrogen-bond donors (Lipinski definition) is 1. The van der Waals surface area contributed by atoms with Crippen molar-refractivity contribution in [2.45, 2.75) is 6.92 Å². The molecule has 37 valence electrons. The van der Waals surface area contributed by atoms with Crippen LogP contribution < -0.4 is 0 Å². The van der Waals surface area contributed by atoms with E-state index in [0.717, 1.165) is 22.5 Å². The zero-order chi connectivity index (χ0) is 5.86. The van der Waals surface area contributed by atoms with Gasteiger partial charge < -0.3 is 0 Å². The standard InChI is InChI=1S/C4H5O2.Sn/c1-3(2)4(5)6;/h1H,2H3,(H,5,6);. The van der Waals surface area contributed by atoms with E-state index in [4.69, 9.17) is 5.11 Å². The Morgan fingerprint density at radius 3 is 2.29 bits per heavy atom. The van der Waals surface area contributed by atoms with Crippen LogP contribution in [0.4, 0.5) is 0 Å². The molecule has 0 spiro atoms. The van der Waals surface area contributed by atoms with Gasteiger partial charge >= 0.3 is 55.0 Å². The van der Waals surface area contributed by atoms with E-state index in [1.54, 1.807) is 11.0 Å². The van der Waals surface area contributed by atoms with Crippen molar-refractivity contribution in [3.05, 3.63) is 9.67 Å². The average molecular weight is 204 g/mol. The van der Waals surface area contributed by atoms with Gasteiger partial charge in [-0.05, 0) is 0 Å². The van der Waals surface area contributed by atoms with Gasteiger partial charge in [-0.3, -0.25) is 0 Å². The second-order valence-corrected chi connectivity index (χ2v) is 1.96. The predicted molar refractivity (Wildman–Crippen MR) is 27.1 cm³/mol. The monoisotopic (exact) mass is 205 g/mol. The molecule has 0 aromatic heterocycles. The van der Waals surface area contributed by atoms with Crippen LogP contribution in [-0.2, 0) is 4.79 Å². The number of carboxylic acid groups (broad SMARTS) is 1. The summed E-state index contributed by atoms with van der Waals surface area (Å²) in [5.41, 5.74) is 0.429. The van der Waals surface area contributed by atoms with Crippen LogP contribution in [0.1, 0.15) is 6.92 Å². The van der Waals surface area contributed by atoms with Crippen molar-refractivity contribution in [1.82, 2.24) is 0 Å². The van der Waals surface area contributed by atoms with E-state index in [9.17, 15) is 4.79 Å². The number of hydrogen-bond acceptors (Lipinski definition) is 1. The van der Waals surface area contributed by atoms with Crippen molar-refractivity contribution in [1.29, 1.82) is 0 Å². The minimum absolute atomic E-state index is 0.429. The summed E-state index contributed by atoms with van der Waals surface area (Å²) < 4.78 is 1.65. The molecule has 0 rings (SSSR count). The fraction of sp³-hybridized carbons (Fsp3) is 0.250. The first-order valence-corrected chi connectivity index (χ1v) is 3.40. The molecular weight excluding hydrogens is 199 g/mol. The Morgan fingerprint density at radius 1 is 1.86 bits per heavy atom. The third kappa shape index (κ3) is 2.67. The number of carbonyl (C=O) groups is 1. The molecule has 7 heavy (non-hydrogen) atoms. The van der Waals surface area contributed by atoms with Crippen LogP contribution in [0.15, 0.2) is 9.67 Å². The van der Waals surface area contributed by atoms with Gasteiger partial charge in [0.25, 0.3) is 0 Å². The van der Waals surface area contributed by atoms with Crippen LogP contribution in [0.2, 0.25) is 0 Å². The van der Waals surface area contributed by atoms with Gasteiger partial charge in [0, 0.05) is 0 Å². The molecule has 0 atom stereocenters. The Hall–Kier alpha value is 0.00870. The normalized spacial score (nSPS) is 11.4. The van der Waals surface area contributed by atoms with Crippen molar-refractivity contribution >= 4 is 28.5 Å². The molecule has 0 aromatic rings. The van der Waals surface area contributed by atoms with Crippen molar-refractivity contribution in [2.24, 2.45) is 0 Å². The van der Waals surface area contributed by atoms with Gasteiger partial charge in [-0.1, -0.05) is 0 Å².